The fourth-order valence-electron chi connectivity index (χ4n) is 1.05. The first-order valence-electron chi connectivity index (χ1n) is 3.67. The van der Waals surface area contributed by atoms with Crippen molar-refractivity contribution in [2.24, 2.45) is 0 Å². The van der Waals surface area contributed by atoms with E-state index in [2.05, 4.69) is 10.2 Å². The number of ether oxygens (including phenoxy) is 1. The molecule has 0 aromatic heterocycles. The molecule has 0 atom stereocenters. The van der Waals surface area contributed by atoms with Crippen LogP contribution in [0.25, 0.3) is 0 Å². The fourth-order valence-corrected chi connectivity index (χ4v) is 1.05. The van der Waals surface area contributed by atoms with Crippen LogP contribution >= 0.6 is 0 Å². The fraction of sp³-hybridized carbons (Fsp3) is 0.857. The molecule has 3 heteroatoms. The second-order valence-electron chi connectivity index (χ2n) is 2.41. The van der Waals surface area contributed by atoms with Crippen LogP contribution in [0, 0.1) is 7.05 Å². The largest absolute Gasteiger partial charge is 0.379 e. The summed E-state index contributed by atoms with van der Waals surface area (Å²) in [5, 5.41) is 2.63. The maximum atomic E-state index is 5.19. The summed E-state index contributed by atoms with van der Waals surface area (Å²) in [4.78, 5) is 2.34. The lowest BCUT2D eigenvalue weighted by Crippen LogP contribution is -2.39. The van der Waals surface area contributed by atoms with Gasteiger partial charge in [-0.3, -0.25) is 4.90 Å². The van der Waals surface area contributed by atoms with E-state index in [1.165, 1.54) is 0 Å². The van der Waals surface area contributed by atoms with E-state index in [1.807, 2.05) is 0 Å². The van der Waals surface area contributed by atoms with Crippen molar-refractivity contribution < 1.29 is 4.74 Å². The summed E-state index contributed by atoms with van der Waals surface area (Å²) >= 11 is 0. The van der Waals surface area contributed by atoms with Gasteiger partial charge in [-0.15, -0.1) is 0 Å². The van der Waals surface area contributed by atoms with E-state index in [-0.39, 0.29) is 0 Å². The van der Waals surface area contributed by atoms with Crippen LogP contribution in [0.5, 0.6) is 0 Å². The maximum absolute atomic E-state index is 5.19. The Kier molecular flexibility index (Phi) is 3.72. The number of hydrogen-bond acceptors (Lipinski definition) is 3. The van der Waals surface area contributed by atoms with Crippen molar-refractivity contribution in [3.8, 4) is 0 Å². The van der Waals surface area contributed by atoms with Crippen LogP contribution in [0.4, 0.5) is 0 Å². The summed E-state index contributed by atoms with van der Waals surface area (Å²) in [7, 11) is 5.14. The molecule has 0 spiro atoms. The summed E-state index contributed by atoms with van der Waals surface area (Å²) in [6.45, 7) is 5.71. The predicted octanol–water partition coefficient (Wildman–Crippen LogP) is -0.423. The van der Waals surface area contributed by atoms with Crippen molar-refractivity contribution >= 4 is 0 Å². The summed E-state index contributed by atoms with van der Waals surface area (Å²) in [6, 6.07) is 0. The maximum Gasteiger partial charge on any atom is 0.0594 e. The third-order valence-corrected chi connectivity index (χ3v) is 1.68. The zero-order valence-corrected chi connectivity index (χ0v) is 6.18. The molecular weight excluding hydrogens is 128 g/mol. The van der Waals surface area contributed by atoms with Crippen molar-refractivity contribution in [3.05, 3.63) is 7.05 Å². The highest BCUT2D eigenvalue weighted by Gasteiger charge is 2.07. The Morgan fingerprint density at radius 3 is 2.70 bits per heavy atom. The average Bonchev–Trinajstić information content (AvgIpc) is 2.03. The van der Waals surface area contributed by atoms with Gasteiger partial charge in [0, 0.05) is 33.2 Å². The minimum Gasteiger partial charge on any atom is -0.379 e. The molecule has 0 saturated carbocycles. The molecule has 1 saturated heterocycles. The van der Waals surface area contributed by atoms with Crippen LogP contribution in [0.15, 0.2) is 0 Å². The highest BCUT2D eigenvalue weighted by molar-refractivity contribution is 4.62. The van der Waals surface area contributed by atoms with E-state index < -0.39 is 0 Å². The molecule has 2 radical (unpaired) electrons. The standard InChI is InChI=1S/C7H14N2O/c1-8-2-3-9-4-6-10-7-5-9/h1,8H,2-7H2. The molecule has 1 aliphatic heterocycles. The van der Waals surface area contributed by atoms with Crippen LogP contribution in [0.1, 0.15) is 0 Å². The molecule has 0 aromatic carbocycles. The lowest BCUT2D eigenvalue weighted by Gasteiger charge is -2.26. The van der Waals surface area contributed by atoms with E-state index in [0.29, 0.717) is 0 Å². The van der Waals surface area contributed by atoms with Crippen LogP contribution in [0.2, 0.25) is 0 Å². The van der Waals surface area contributed by atoms with Crippen molar-refractivity contribution in [2.75, 3.05) is 39.4 Å². The molecule has 58 valence electrons. The van der Waals surface area contributed by atoms with E-state index >= 15 is 0 Å². The smallest absolute Gasteiger partial charge is 0.0594 e. The zero-order chi connectivity index (χ0) is 7.23. The van der Waals surface area contributed by atoms with Crippen molar-refractivity contribution in [1.29, 1.82) is 0 Å². The topological polar surface area (TPSA) is 24.5 Å². The summed E-state index contributed by atoms with van der Waals surface area (Å²) in [5.74, 6) is 0. The first-order chi connectivity index (χ1) is 4.93. The Bertz CT molecular complexity index is 81.7. The molecule has 0 bridgehead atoms. The van der Waals surface area contributed by atoms with Gasteiger partial charge in [0.05, 0.1) is 13.2 Å². The van der Waals surface area contributed by atoms with E-state index in [1.54, 1.807) is 0 Å². The molecule has 1 fully saturated rings. The van der Waals surface area contributed by atoms with Crippen LogP contribution in [-0.2, 0) is 4.74 Å². The quantitative estimate of drug-likeness (QED) is 0.541. The van der Waals surface area contributed by atoms with Gasteiger partial charge in [-0.25, -0.2) is 0 Å². The Balaban J connectivity index is 2.02. The SMILES string of the molecule is [CH]NCCN1CCOCC1. The van der Waals surface area contributed by atoms with Gasteiger partial charge >= 0.3 is 0 Å². The van der Waals surface area contributed by atoms with Gasteiger partial charge in [0.2, 0.25) is 0 Å². The molecule has 0 aromatic rings. The minimum atomic E-state index is 0.861. The normalized spacial score (nSPS) is 21.3. The molecule has 0 aliphatic carbocycles. The van der Waals surface area contributed by atoms with Crippen LogP contribution < -0.4 is 5.32 Å². The minimum absolute atomic E-state index is 0.861. The van der Waals surface area contributed by atoms with Gasteiger partial charge < -0.3 is 10.1 Å². The van der Waals surface area contributed by atoms with Crippen molar-refractivity contribution in [1.82, 2.24) is 10.2 Å². The zero-order valence-electron chi connectivity index (χ0n) is 6.18. The number of hydrogen-bond donors (Lipinski definition) is 1. The van der Waals surface area contributed by atoms with Crippen LogP contribution in [-0.4, -0.2) is 44.3 Å². The van der Waals surface area contributed by atoms with Gasteiger partial charge in [-0.2, -0.15) is 0 Å². The van der Waals surface area contributed by atoms with E-state index in [9.17, 15) is 0 Å². The summed E-state index contributed by atoms with van der Waals surface area (Å²) < 4.78 is 5.19. The highest BCUT2D eigenvalue weighted by Crippen LogP contribution is 1.94. The first-order valence-corrected chi connectivity index (χ1v) is 3.67. The van der Waals surface area contributed by atoms with Crippen molar-refractivity contribution in [3.63, 3.8) is 0 Å². The molecular formula is C7H14N2O. The second kappa shape index (κ2) is 4.66. The van der Waals surface area contributed by atoms with E-state index in [0.717, 1.165) is 39.4 Å². The molecule has 0 unspecified atom stereocenters. The molecule has 1 heterocycles. The molecule has 1 N–H and O–H groups in total. The average molecular weight is 142 g/mol. The summed E-state index contributed by atoms with van der Waals surface area (Å²) in [6.07, 6.45) is 0. The monoisotopic (exact) mass is 142 g/mol. The Hall–Kier alpha value is -0.120. The number of nitrogens with zero attached hydrogens (tertiary/aromatic N) is 1. The highest BCUT2D eigenvalue weighted by atomic mass is 16.5. The number of morpholine rings is 1. The number of rotatable bonds is 3. The lowest BCUT2D eigenvalue weighted by molar-refractivity contribution is 0.0388. The molecule has 1 aliphatic rings. The van der Waals surface area contributed by atoms with Gasteiger partial charge in [-0.05, 0) is 0 Å². The van der Waals surface area contributed by atoms with Gasteiger partial charge in [0.25, 0.3) is 0 Å². The van der Waals surface area contributed by atoms with Gasteiger partial charge in [-0.1, -0.05) is 0 Å². The first kappa shape index (κ1) is 7.98. The van der Waals surface area contributed by atoms with Gasteiger partial charge in [0.1, 0.15) is 0 Å². The third-order valence-electron chi connectivity index (χ3n) is 1.68. The van der Waals surface area contributed by atoms with Gasteiger partial charge in [0.15, 0.2) is 0 Å². The Labute approximate surface area is 62.3 Å². The summed E-state index contributed by atoms with van der Waals surface area (Å²) in [5.41, 5.74) is 0. The second-order valence-corrected chi connectivity index (χ2v) is 2.41. The van der Waals surface area contributed by atoms with Crippen molar-refractivity contribution in [2.45, 2.75) is 0 Å². The molecule has 3 nitrogen and oxygen atoms in total. The molecule has 1 rings (SSSR count). The predicted molar refractivity (Wildman–Crippen MR) is 39.6 cm³/mol. The third kappa shape index (κ3) is 2.64. The van der Waals surface area contributed by atoms with Crippen LogP contribution in [0.3, 0.4) is 0 Å². The number of nitrogens with one attached hydrogen (secondary N) is 1. The molecule has 0 amide bonds. The Morgan fingerprint density at radius 2 is 2.10 bits per heavy atom. The van der Waals surface area contributed by atoms with E-state index in [4.69, 9.17) is 11.8 Å². The molecule has 10 heavy (non-hydrogen) atoms. The lowest BCUT2D eigenvalue weighted by atomic mass is 10.4. The Morgan fingerprint density at radius 1 is 1.40 bits per heavy atom.